The van der Waals surface area contributed by atoms with E-state index in [0.717, 1.165) is 23.1 Å². The van der Waals surface area contributed by atoms with Crippen LogP contribution in [-0.2, 0) is 38.8 Å². The summed E-state index contributed by atoms with van der Waals surface area (Å²) in [6.07, 6.45) is 2.45. The fourth-order valence-corrected chi connectivity index (χ4v) is 4.70. The zero-order chi connectivity index (χ0) is 23.7. The van der Waals surface area contributed by atoms with E-state index >= 15 is 0 Å². The van der Waals surface area contributed by atoms with Gasteiger partial charge < -0.3 is 19.3 Å². The zero-order valence-corrected chi connectivity index (χ0v) is 19.4. The van der Waals surface area contributed by atoms with E-state index < -0.39 is 17.4 Å². The molecule has 1 fully saturated rings. The fraction of sp³-hybridized carbons (Fsp3) is 0.345. The van der Waals surface area contributed by atoms with Crippen LogP contribution in [0.3, 0.4) is 0 Å². The van der Waals surface area contributed by atoms with E-state index in [-0.39, 0.29) is 6.42 Å². The van der Waals surface area contributed by atoms with Crippen LogP contribution in [0.5, 0.6) is 0 Å². The molecular formula is C29H32O5. The zero-order valence-electron chi connectivity index (χ0n) is 19.4. The predicted molar refractivity (Wildman–Crippen MR) is 130 cm³/mol. The number of carboxylic acid groups (broad SMARTS) is 1. The molecule has 1 aliphatic rings. The van der Waals surface area contributed by atoms with Gasteiger partial charge in [0.25, 0.3) is 0 Å². The Morgan fingerprint density at radius 1 is 0.676 bits per heavy atom. The Morgan fingerprint density at radius 2 is 1.12 bits per heavy atom. The van der Waals surface area contributed by atoms with Crippen molar-refractivity contribution in [2.24, 2.45) is 0 Å². The molecule has 178 valence electrons. The van der Waals surface area contributed by atoms with E-state index in [4.69, 9.17) is 14.2 Å². The van der Waals surface area contributed by atoms with Crippen molar-refractivity contribution < 1.29 is 24.1 Å². The second-order valence-electron chi connectivity index (χ2n) is 8.82. The number of aliphatic carboxylic acids is 1. The quantitative estimate of drug-likeness (QED) is 0.330. The number of hydrogen-bond acceptors (Lipinski definition) is 4. The molecule has 0 aliphatic heterocycles. The van der Waals surface area contributed by atoms with Crippen molar-refractivity contribution in [1.82, 2.24) is 0 Å². The van der Waals surface area contributed by atoms with E-state index in [0.29, 0.717) is 39.1 Å². The van der Waals surface area contributed by atoms with Gasteiger partial charge in [-0.1, -0.05) is 91.0 Å². The van der Waals surface area contributed by atoms with Gasteiger partial charge in [-0.05, 0) is 36.0 Å². The number of carboxylic acids is 1. The topological polar surface area (TPSA) is 65.0 Å². The van der Waals surface area contributed by atoms with Crippen LogP contribution in [0.15, 0.2) is 91.0 Å². The van der Waals surface area contributed by atoms with Gasteiger partial charge >= 0.3 is 5.97 Å². The summed E-state index contributed by atoms with van der Waals surface area (Å²) in [5.74, 6) is -1.90. The van der Waals surface area contributed by atoms with Crippen LogP contribution in [-0.4, -0.2) is 22.5 Å². The summed E-state index contributed by atoms with van der Waals surface area (Å²) in [6, 6.07) is 29.9. The van der Waals surface area contributed by atoms with Gasteiger partial charge in [0, 0.05) is 12.8 Å². The van der Waals surface area contributed by atoms with Crippen LogP contribution >= 0.6 is 0 Å². The summed E-state index contributed by atoms with van der Waals surface area (Å²) >= 11 is 0. The molecule has 1 saturated carbocycles. The van der Waals surface area contributed by atoms with Crippen molar-refractivity contribution in [1.29, 1.82) is 0 Å². The fourth-order valence-electron chi connectivity index (χ4n) is 4.70. The summed E-state index contributed by atoms with van der Waals surface area (Å²) < 4.78 is 19.8. The Labute approximate surface area is 201 Å². The lowest BCUT2D eigenvalue weighted by Gasteiger charge is -2.45. The first-order chi connectivity index (χ1) is 16.6. The van der Waals surface area contributed by atoms with Gasteiger partial charge in [-0.25, -0.2) is 0 Å². The lowest BCUT2D eigenvalue weighted by molar-refractivity contribution is -0.332. The third kappa shape index (κ3) is 5.92. The van der Waals surface area contributed by atoms with Crippen LogP contribution in [0.4, 0.5) is 0 Å². The largest absolute Gasteiger partial charge is 0.481 e. The van der Waals surface area contributed by atoms with E-state index in [1.165, 1.54) is 0 Å². The highest BCUT2D eigenvalue weighted by molar-refractivity contribution is 5.66. The van der Waals surface area contributed by atoms with E-state index in [9.17, 15) is 9.90 Å². The third-order valence-electron chi connectivity index (χ3n) is 6.51. The van der Waals surface area contributed by atoms with Gasteiger partial charge in [0.15, 0.2) is 5.79 Å². The van der Waals surface area contributed by atoms with Crippen molar-refractivity contribution in [2.45, 2.75) is 63.3 Å². The highest BCUT2D eigenvalue weighted by Gasteiger charge is 2.58. The van der Waals surface area contributed by atoms with Crippen molar-refractivity contribution in [3.8, 4) is 0 Å². The maximum absolute atomic E-state index is 11.6. The summed E-state index contributed by atoms with van der Waals surface area (Å²) in [5, 5.41) is 9.52. The first-order valence-corrected chi connectivity index (χ1v) is 11.9. The number of rotatable bonds is 12. The molecule has 0 bridgehead atoms. The van der Waals surface area contributed by atoms with Gasteiger partial charge in [0.05, 0.1) is 19.8 Å². The van der Waals surface area contributed by atoms with Crippen LogP contribution in [0, 0.1) is 0 Å². The average Bonchev–Trinajstić information content (AvgIpc) is 3.24. The molecular weight excluding hydrogens is 428 g/mol. The minimum atomic E-state index is -1.05. The minimum absolute atomic E-state index is 0.0140. The monoisotopic (exact) mass is 460 g/mol. The smallest absolute Gasteiger partial charge is 0.303 e. The molecule has 0 saturated heterocycles. The average molecular weight is 461 g/mol. The molecule has 1 N–H and O–H groups in total. The summed E-state index contributed by atoms with van der Waals surface area (Å²) in [6.45, 7) is 1.09. The molecule has 34 heavy (non-hydrogen) atoms. The second kappa shape index (κ2) is 11.4. The van der Waals surface area contributed by atoms with Crippen molar-refractivity contribution in [3.05, 3.63) is 108 Å². The van der Waals surface area contributed by atoms with Crippen LogP contribution in [0.1, 0.15) is 48.8 Å². The Bertz CT molecular complexity index is 979. The van der Waals surface area contributed by atoms with Gasteiger partial charge in [-0.3, -0.25) is 4.79 Å². The predicted octanol–water partition coefficient (Wildman–Crippen LogP) is 6.12. The maximum atomic E-state index is 11.6. The van der Waals surface area contributed by atoms with E-state index in [1.54, 1.807) is 0 Å². The van der Waals surface area contributed by atoms with E-state index in [2.05, 4.69) is 0 Å². The molecule has 3 aromatic rings. The van der Waals surface area contributed by atoms with Crippen molar-refractivity contribution in [2.75, 3.05) is 0 Å². The van der Waals surface area contributed by atoms with Gasteiger partial charge in [0.2, 0.25) is 0 Å². The number of benzene rings is 3. The minimum Gasteiger partial charge on any atom is -0.481 e. The number of hydrogen-bond donors (Lipinski definition) is 1. The molecule has 5 nitrogen and oxygen atoms in total. The molecule has 4 rings (SSSR count). The molecule has 1 aliphatic carbocycles. The molecule has 0 spiro atoms. The first-order valence-electron chi connectivity index (χ1n) is 11.9. The molecule has 0 aromatic heterocycles. The molecule has 3 aromatic carbocycles. The Balaban J connectivity index is 1.63. The normalized spacial score (nSPS) is 19.2. The molecule has 0 heterocycles. The number of ether oxygens (including phenoxy) is 3. The molecule has 0 amide bonds. The number of carbonyl (C=O) groups is 1. The standard InChI is InChI=1S/C29H32O5/c30-27(31)17-20-28(32-21-24-11-4-1-5-12-24)18-10-19-29(28,33-22-25-13-6-2-7-14-25)34-23-26-15-8-3-9-16-26/h1-9,11-16H,10,17-23H2,(H,30,31). The highest BCUT2D eigenvalue weighted by atomic mass is 16.7. The first kappa shape index (κ1) is 24.1. The van der Waals surface area contributed by atoms with Crippen molar-refractivity contribution in [3.63, 3.8) is 0 Å². The van der Waals surface area contributed by atoms with Gasteiger partial charge in [-0.2, -0.15) is 0 Å². The van der Waals surface area contributed by atoms with Crippen molar-refractivity contribution >= 4 is 5.97 Å². The summed E-state index contributed by atoms with van der Waals surface area (Å²) in [7, 11) is 0. The summed E-state index contributed by atoms with van der Waals surface area (Å²) in [4.78, 5) is 11.6. The van der Waals surface area contributed by atoms with E-state index in [1.807, 2.05) is 91.0 Å². The molecule has 1 atom stereocenters. The SMILES string of the molecule is O=C(O)CCC1(OCc2ccccc2)CCCC1(OCc1ccccc1)OCc1ccccc1. The molecule has 1 unspecified atom stereocenters. The van der Waals surface area contributed by atoms with Gasteiger partial charge in [0.1, 0.15) is 5.60 Å². The van der Waals surface area contributed by atoms with Crippen LogP contribution < -0.4 is 0 Å². The Kier molecular flexibility index (Phi) is 8.12. The highest BCUT2D eigenvalue weighted by Crippen LogP contribution is 2.49. The summed E-state index contributed by atoms with van der Waals surface area (Å²) in [5.41, 5.74) is 2.23. The molecule has 0 radical (unpaired) electrons. The van der Waals surface area contributed by atoms with Crippen LogP contribution in [0.25, 0.3) is 0 Å². The third-order valence-corrected chi connectivity index (χ3v) is 6.51. The Morgan fingerprint density at radius 3 is 1.56 bits per heavy atom. The Hall–Kier alpha value is -2.99. The maximum Gasteiger partial charge on any atom is 0.303 e. The van der Waals surface area contributed by atoms with Gasteiger partial charge in [-0.15, -0.1) is 0 Å². The second-order valence-corrected chi connectivity index (χ2v) is 8.82. The lowest BCUT2D eigenvalue weighted by atomic mass is 9.89. The molecule has 5 heteroatoms. The lowest BCUT2D eigenvalue weighted by Crippen LogP contribution is -2.55. The van der Waals surface area contributed by atoms with Crippen LogP contribution in [0.2, 0.25) is 0 Å².